The minimum absolute atomic E-state index is 0.00689. The van der Waals surface area contributed by atoms with Crippen LogP contribution in [0.1, 0.15) is 58.3 Å². The molecule has 4 atom stereocenters. The topological polar surface area (TPSA) is 36.9 Å². The Bertz CT molecular complexity index is 329. The van der Waals surface area contributed by atoms with Crippen LogP contribution < -0.4 is 0 Å². The lowest BCUT2D eigenvalue weighted by atomic mass is 9.89. The second-order valence-corrected chi connectivity index (χ2v) is 6.87. The minimum atomic E-state index is -0.515. The van der Waals surface area contributed by atoms with E-state index in [1.54, 1.807) is 7.11 Å². The van der Waals surface area contributed by atoms with Crippen molar-refractivity contribution in [3.63, 3.8) is 0 Å². The molecule has 3 aliphatic rings. The number of ether oxygens (including phenoxy) is 4. The molecule has 2 saturated heterocycles. The van der Waals surface area contributed by atoms with Crippen LogP contribution in [0.15, 0.2) is 0 Å². The number of fused-ring (bicyclic) bond motifs is 2. The number of methoxy groups -OCH3 is 1. The monoisotopic (exact) mass is 298 g/mol. The lowest BCUT2D eigenvalue weighted by Crippen LogP contribution is -2.53. The Morgan fingerprint density at radius 1 is 1.19 bits per heavy atom. The van der Waals surface area contributed by atoms with E-state index in [9.17, 15) is 0 Å². The molecule has 3 rings (SSSR count). The van der Waals surface area contributed by atoms with Gasteiger partial charge in [0.05, 0.1) is 12.7 Å². The highest BCUT2D eigenvalue weighted by atomic mass is 16.8. The third-order valence-electron chi connectivity index (χ3n) is 5.35. The Morgan fingerprint density at radius 3 is 2.71 bits per heavy atom. The van der Waals surface area contributed by atoms with Crippen molar-refractivity contribution in [2.45, 2.75) is 82.4 Å². The predicted molar refractivity (Wildman–Crippen MR) is 80.2 cm³/mol. The maximum Gasteiger partial charge on any atom is 0.195 e. The first kappa shape index (κ1) is 15.7. The fraction of sp³-hybridized carbons (Fsp3) is 1.00. The van der Waals surface area contributed by atoms with Crippen molar-refractivity contribution in [2.75, 3.05) is 20.3 Å². The number of rotatable bonds is 6. The van der Waals surface area contributed by atoms with Crippen molar-refractivity contribution in [1.82, 2.24) is 0 Å². The molecule has 2 aliphatic heterocycles. The average Bonchev–Trinajstić information content (AvgIpc) is 2.88. The lowest BCUT2D eigenvalue weighted by molar-refractivity contribution is -0.276. The predicted octanol–water partition coefficient (Wildman–Crippen LogP) is 3.28. The minimum Gasteiger partial charge on any atom is -0.376 e. The van der Waals surface area contributed by atoms with Gasteiger partial charge in [-0.15, -0.1) is 0 Å². The van der Waals surface area contributed by atoms with E-state index < -0.39 is 5.79 Å². The zero-order valence-electron chi connectivity index (χ0n) is 13.5. The van der Waals surface area contributed by atoms with Gasteiger partial charge in [-0.25, -0.2) is 0 Å². The highest BCUT2D eigenvalue weighted by Gasteiger charge is 2.55. The van der Waals surface area contributed by atoms with Crippen LogP contribution in [0.2, 0.25) is 0 Å². The Kier molecular flexibility index (Phi) is 5.20. The van der Waals surface area contributed by atoms with Crippen molar-refractivity contribution in [2.24, 2.45) is 5.92 Å². The second-order valence-electron chi connectivity index (χ2n) is 6.87. The van der Waals surface area contributed by atoms with Gasteiger partial charge in [-0.2, -0.15) is 0 Å². The van der Waals surface area contributed by atoms with Gasteiger partial charge < -0.3 is 18.9 Å². The summed E-state index contributed by atoms with van der Waals surface area (Å²) in [6.45, 7) is 3.68. The van der Waals surface area contributed by atoms with Gasteiger partial charge in [-0.05, 0) is 18.8 Å². The molecule has 1 aliphatic carbocycles. The van der Waals surface area contributed by atoms with Crippen LogP contribution in [0.5, 0.6) is 0 Å². The molecular weight excluding hydrogens is 268 g/mol. The SMILES string of the molecule is CCCC12OC[C@@H](O1)[C@@H](OCC1CCCCC1)C[C@H]2OC. The van der Waals surface area contributed by atoms with Crippen LogP contribution in [0, 0.1) is 5.92 Å². The largest absolute Gasteiger partial charge is 0.376 e. The van der Waals surface area contributed by atoms with Gasteiger partial charge in [0.2, 0.25) is 0 Å². The molecule has 21 heavy (non-hydrogen) atoms. The van der Waals surface area contributed by atoms with Gasteiger partial charge in [0.15, 0.2) is 5.79 Å². The van der Waals surface area contributed by atoms with Crippen molar-refractivity contribution < 1.29 is 18.9 Å². The fourth-order valence-electron chi connectivity index (χ4n) is 4.15. The summed E-state index contributed by atoms with van der Waals surface area (Å²) in [4.78, 5) is 0. The van der Waals surface area contributed by atoms with E-state index in [0.29, 0.717) is 6.61 Å². The summed E-state index contributed by atoms with van der Waals surface area (Å²) in [5, 5.41) is 0. The molecule has 1 unspecified atom stereocenters. The van der Waals surface area contributed by atoms with Crippen LogP contribution in [0.4, 0.5) is 0 Å². The molecule has 4 heteroatoms. The summed E-state index contributed by atoms with van der Waals surface area (Å²) in [6, 6.07) is 0. The molecule has 0 aromatic rings. The summed E-state index contributed by atoms with van der Waals surface area (Å²) in [5.74, 6) is 0.225. The number of hydrogen-bond acceptors (Lipinski definition) is 4. The first-order valence-electron chi connectivity index (χ1n) is 8.73. The Balaban J connectivity index is 1.55. The molecule has 0 aromatic heterocycles. The van der Waals surface area contributed by atoms with E-state index in [1.807, 2.05) is 0 Å². The van der Waals surface area contributed by atoms with Gasteiger partial charge in [0.25, 0.3) is 0 Å². The molecular formula is C17H30O4. The summed E-state index contributed by atoms with van der Waals surface area (Å²) < 4.78 is 24.1. The van der Waals surface area contributed by atoms with Crippen LogP contribution >= 0.6 is 0 Å². The Morgan fingerprint density at radius 2 is 2.00 bits per heavy atom. The highest BCUT2D eigenvalue weighted by molar-refractivity contribution is 4.97. The maximum atomic E-state index is 6.22. The van der Waals surface area contributed by atoms with Gasteiger partial charge in [0, 0.05) is 26.6 Å². The molecule has 0 N–H and O–H groups in total. The van der Waals surface area contributed by atoms with Crippen molar-refractivity contribution in [3.8, 4) is 0 Å². The van der Waals surface area contributed by atoms with E-state index in [-0.39, 0.29) is 18.3 Å². The van der Waals surface area contributed by atoms with Gasteiger partial charge >= 0.3 is 0 Å². The quantitative estimate of drug-likeness (QED) is 0.754. The Labute approximate surface area is 128 Å². The molecule has 3 fully saturated rings. The van der Waals surface area contributed by atoms with Crippen molar-refractivity contribution >= 4 is 0 Å². The fourth-order valence-corrected chi connectivity index (χ4v) is 4.15. The second kappa shape index (κ2) is 6.95. The van der Waals surface area contributed by atoms with E-state index >= 15 is 0 Å². The smallest absolute Gasteiger partial charge is 0.195 e. The zero-order chi connectivity index (χ0) is 14.7. The summed E-state index contributed by atoms with van der Waals surface area (Å²) in [7, 11) is 1.76. The van der Waals surface area contributed by atoms with Gasteiger partial charge in [-0.3, -0.25) is 0 Å². The molecule has 2 heterocycles. The third-order valence-corrected chi connectivity index (χ3v) is 5.35. The third kappa shape index (κ3) is 3.29. The van der Waals surface area contributed by atoms with Crippen molar-refractivity contribution in [3.05, 3.63) is 0 Å². The molecule has 0 spiro atoms. The highest BCUT2D eigenvalue weighted by Crippen LogP contribution is 2.42. The van der Waals surface area contributed by atoms with Gasteiger partial charge in [-0.1, -0.05) is 32.6 Å². The van der Waals surface area contributed by atoms with E-state index in [4.69, 9.17) is 18.9 Å². The maximum absolute atomic E-state index is 6.22. The van der Waals surface area contributed by atoms with Crippen LogP contribution in [-0.4, -0.2) is 44.4 Å². The molecule has 122 valence electrons. The summed E-state index contributed by atoms with van der Waals surface area (Å²) in [5.41, 5.74) is 0. The average molecular weight is 298 g/mol. The van der Waals surface area contributed by atoms with E-state index in [1.165, 1.54) is 32.1 Å². The Hall–Kier alpha value is -0.160. The molecule has 0 aromatic carbocycles. The standard InChI is InChI=1S/C17H30O4/c1-3-9-17-16(18-2)10-14(15(21-17)12-20-17)19-11-13-7-5-4-6-8-13/h13-16H,3-12H2,1-2H3/t14-,15+,16+,17?/m0/s1. The molecule has 2 bridgehead atoms. The molecule has 1 saturated carbocycles. The molecule has 4 nitrogen and oxygen atoms in total. The van der Waals surface area contributed by atoms with E-state index in [2.05, 4.69) is 6.92 Å². The number of hydrogen-bond donors (Lipinski definition) is 0. The molecule has 0 amide bonds. The van der Waals surface area contributed by atoms with Crippen LogP contribution in [-0.2, 0) is 18.9 Å². The zero-order valence-corrected chi connectivity index (χ0v) is 13.5. The van der Waals surface area contributed by atoms with Crippen LogP contribution in [0.25, 0.3) is 0 Å². The lowest BCUT2D eigenvalue weighted by Gasteiger charge is -2.41. The molecule has 0 radical (unpaired) electrons. The summed E-state index contributed by atoms with van der Waals surface area (Å²) >= 11 is 0. The normalized spacial score (nSPS) is 40.6. The van der Waals surface area contributed by atoms with E-state index in [0.717, 1.165) is 31.8 Å². The van der Waals surface area contributed by atoms with Gasteiger partial charge in [0.1, 0.15) is 12.2 Å². The first-order valence-corrected chi connectivity index (χ1v) is 8.73. The summed E-state index contributed by atoms with van der Waals surface area (Å²) in [6.07, 6.45) is 9.81. The van der Waals surface area contributed by atoms with Crippen molar-refractivity contribution in [1.29, 1.82) is 0 Å². The van der Waals surface area contributed by atoms with Crippen LogP contribution in [0.3, 0.4) is 0 Å². The first-order chi connectivity index (χ1) is 10.3.